The van der Waals surface area contributed by atoms with Gasteiger partial charge in [0.1, 0.15) is 0 Å². The van der Waals surface area contributed by atoms with Crippen LogP contribution in [-0.2, 0) is 12.8 Å². The summed E-state index contributed by atoms with van der Waals surface area (Å²) >= 11 is 0. The number of hydrogen-bond acceptors (Lipinski definition) is 2. The van der Waals surface area contributed by atoms with Crippen LogP contribution in [0.4, 0.5) is 22.7 Å². The minimum absolute atomic E-state index is 0.996. The fraction of sp³-hybridized carbons (Fsp3) is 0.0938. The van der Waals surface area contributed by atoms with Crippen molar-refractivity contribution in [1.29, 1.82) is 0 Å². The minimum atomic E-state index is 0.996. The Bertz CT molecular complexity index is 3410. The smallest absolute Gasteiger partial charge is 0.0443 e. The average molecular weight is 845 g/mol. The molecule has 2 nitrogen and oxygen atoms in total. The molecule has 0 saturated carbocycles. The Labute approximate surface area is 386 Å². The molecule has 0 spiro atoms. The van der Waals surface area contributed by atoms with E-state index in [0.717, 1.165) is 38.8 Å². The van der Waals surface area contributed by atoms with E-state index in [4.69, 9.17) is 0 Å². The lowest BCUT2D eigenvalue weighted by atomic mass is 9.84. The monoisotopic (exact) mass is 844 g/mol. The Morgan fingerprint density at radius 2 is 0.652 bits per heavy atom. The van der Waals surface area contributed by atoms with Crippen molar-refractivity contribution in [1.82, 2.24) is 0 Å². The van der Waals surface area contributed by atoms with Crippen LogP contribution in [0.15, 0.2) is 218 Å². The van der Waals surface area contributed by atoms with E-state index in [1.807, 2.05) is 0 Å². The third kappa shape index (κ3) is 6.63. The molecule has 2 heterocycles. The van der Waals surface area contributed by atoms with Crippen LogP contribution in [0.2, 0.25) is 0 Å². The van der Waals surface area contributed by atoms with E-state index in [0.29, 0.717) is 0 Å². The van der Waals surface area contributed by atoms with Gasteiger partial charge in [-0.2, -0.15) is 0 Å². The van der Waals surface area contributed by atoms with Crippen LogP contribution < -0.4 is 9.80 Å². The fourth-order valence-corrected chi connectivity index (χ4v) is 11.2. The van der Waals surface area contributed by atoms with Crippen molar-refractivity contribution >= 4 is 65.8 Å². The topological polar surface area (TPSA) is 6.48 Å². The van der Waals surface area contributed by atoms with Gasteiger partial charge in [-0.1, -0.05) is 170 Å². The summed E-state index contributed by atoms with van der Waals surface area (Å²) < 4.78 is 0. The van der Waals surface area contributed by atoms with Gasteiger partial charge < -0.3 is 9.80 Å². The van der Waals surface area contributed by atoms with Crippen LogP contribution >= 0.6 is 0 Å². The lowest BCUT2D eigenvalue weighted by Crippen LogP contribution is -2.24. The molecular formula is C64H48N2. The van der Waals surface area contributed by atoms with Gasteiger partial charge in [-0.3, -0.25) is 0 Å². The molecule has 0 saturated heterocycles. The number of rotatable bonds is 6. The molecule has 0 unspecified atom stereocenters. The predicted molar refractivity (Wildman–Crippen MR) is 282 cm³/mol. The molecule has 2 heteroatoms. The summed E-state index contributed by atoms with van der Waals surface area (Å²) in [4.78, 5) is 5.09. The molecule has 0 radical (unpaired) electrons. The first-order valence-electron chi connectivity index (χ1n) is 23.6. The van der Waals surface area contributed by atoms with Crippen molar-refractivity contribution in [2.45, 2.75) is 25.7 Å². The van der Waals surface area contributed by atoms with Crippen molar-refractivity contribution in [2.75, 3.05) is 22.9 Å². The molecule has 0 amide bonds. The van der Waals surface area contributed by atoms with E-state index in [1.54, 1.807) is 0 Å². The van der Waals surface area contributed by atoms with Gasteiger partial charge in [-0.15, -0.1) is 0 Å². The maximum absolute atomic E-state index is 2.55. The second-order valence-electron chi connectivity index (χ2n) is 18.3. The zero-order chi connectivity index (χ0) is 43.6. The number of benzene rings is 11. The Kier molecular flexibility index (Phi) is 9.30. The maximum atomic E-state index is 2.55. The molecule has 2 aliphatic rings. The van der Waals surface area contributed by atoms with Gasteiger partial charge >= 0.3 is 0 Å². The van der Waals surface area contributed by atoms with Crippen LogP contribution in [0.5, 0.6) is 0 Å². The van der Waals surface area contributed by atoms with Gasteiger partial charge in [0.25, 0.3) is 0 Å². The summed E-state index contributed by atoms with van der Waals surface area (Å²) in [7, 11) is 0. The number of fused-ring (bicyclic) bond motifs is 6. The molecular weight excluding hydrogens is 797 g/mol. The van der Waals surface area contributed by atoms with E-state index < -0.39 is 0 Å². The Hall–Kier alpha value is -7.94. The molecule has 0 bridgehead atoms. The van der Waals surface area contributed by atoms with Gasteiger partial charge in [0.15, 0.2) is 0 Å². The van der Waals surface area contributed by atoms with E-state index in [-0.39, 0.29) is 0 Å². The number of para-hydroxylation sites is 2. The van der Waals surface area contributed by atoms with Crippen molar-refractivity contribution in [3.63, 3.8) is 0 Å². The van der Waals surface area contributed by atoms with Gasteiger partial charge in [0.2, 0.25) is 0 Å². The highest BCUT2D eigenvalue weighted by molar-refractivity contribution is 6.22. The highest BCUT2D eigenvalue weighted by Crippen LogP contribution is 2.48. The lowest BCUT2D eigenvalue weighted by Gasteiger charge is -2.32. The average Bonchev–Trinajstić information content (AvgIpc) is 3.39. The summed E-state index contributed by atoms with van der Waals surface area (Å²) in [6, 6.07) is 82.1. The second-order valence-corrected chi connectivity index (χ2v) is 18.3. The van der Waals surface area contributed by atoms with Crippen LogP contribution in [-0.4, -0.2) is 13.1 Å². The third-order valence-electron chi connectivity index (χ3n) is 14.4. The van der Waals surface area contributed by atoms with E-state index in [2.05, 4.69) is 228 Å². The first kappa shape index (κ1) is 38.5. The summed E-state index contributed by atoms with van der Waals surface area (Å²) in [5, 5.41) is 10.1. The number of aryl methyl sites for hydroxylation is 2. The van der Waals surface area contributed by atoms with Gasteiger partial charge in [-0.05, 0) is 173 Å². The molecule has 0 fully saturated rings. The molecule has 11 aromatic rings. The van der Waals surface area contributed by atoms with E-state index >= 15 is 0 Å². The fourth-order valence-electron chi connectivity index (χ4n) is 11.2. The molecule has 314 valence electrons. The number of anilines is 4. The summed E-state index contributed by atoms with van der Waals surface area (Å²) in [6.07, 6.45) is 4.49. The number of nitrogens with zero attached hydrogens (tertiary/aromatic N) is 2. The van der Waals surface area contributed by atoms with Crippen LogP contribution in [0.1, 0.15) is 24.0 Å². The lowest BCUT2D eigenvalue weighted by molar-refractivity contribution is 0.767. The van der Waals surface area contributed by atoms with Gasteiger partial charge in [0, 0.05) is 35.8 Å². The molecule has 0 N–H and O–H groups in total. The van der Waals surface area contributed by atoms with Crippen molar-refractivity contribution in [3.05, 3.63) is 230 Å². The van der Waals surface area contributed by atoms with Crippen molar-refractivity contribution in [2.24, 2.45) is 0 Å². The third-order valence-corrected chi connectivity index (χ3v) is 14.4. The standard InChI is InChI=1S/C64H48N2/c1-3-15-51-39-53(31-25-43(51)11-1)45-21-27-49(28-22-45)63-57-35-33-56(66-38-10-18-48-14-6-8-20-62(48)66)42-60(57)64(50-29-23-46(24-30-50)54-32-26-44-12-2-4-16-52(44)40-54)58-36-34-55(41-59(58)63)65-37-9-17-47-13-5-7-19-61(47)65/h1-8,11-16,19-36,39-42H,9-10,17-18,37-38H2. The zero-order valence-corrected chi connectivity index (χ0v) is 36.9. The highest BCUT2D eigenvalue weighted by atomic mass is 15.1. The molecule has 0 aromatic heterocycles. The van der Waals surface area contributed by atoms with Crippen molar-refractivity contribution in [3.8, 4) is 44.5 Å². The first-order valence-corrected chi connectivity index (χ1v) is 23.6. The van der Waals surface area contributed by atoms with Crippen molar-refractivity contribution < 1.29 is 0 Å². The quantitative estimate of drug-likeness (QED) is 0.154. The second kappa shape index (κ2) is 15.9. The summed E-state index contributed by atoms with van der Waals surface area (Å²) in [5.74, 6) is 0. The maximum Gasteiger partial charge on any atom is 0.0443 e. The molecule has 11 aromatic carbocycles. The summed E-state index contributed by atoms with van der Waals surface area (Å²) in [5.41, 5.74) is 17.9. The minimum Gasteiger partial charge on any atom is -0.341 e. The van der Waals surface area contributed by atoms with E-state index in [1.165, 1.54) is 121 Å². The Morgan fingerprint density at radius 3 is 1.11 bits per heavy atom. The summed E-state index contributed by atoms with van der Waals surface area (Å²) in [6.45, 7) is 1.99. The molecule has 13 rings (SSSR count). The van der Waals surface area contributed by atoms with Crippen LogP contribution in [0.25, 0.3) is 87.6 Å². The normalized spacial score (nSPS) is 13.6. The SMILES string of the molecule is c1ccc2c(c1)CCCN2c1ccc2c(-c3ccc(-c4ccc5ccccc5c4)cc3)c3cc(N4CCCc5ccccc54)ccc3c(-c3ccc(-c4ccc5ccccc5c4)cc3)c2c1. The predicted octanol–water partition coefficient (Wildman–Crippen LogP) is 17.1. The Balaban J connectivity index is 1.04. The van der Waals surface area contributed by atoms with Gasteiger partial charge in [-0.25, -0.2) is 0 Å². The van der Waals surface area contributed by atoms with Gasteiger partial charge in [0.05, 0.1) is 0 Å². The number of hydrogen-bond donors (Lipinski definition) is 0. The molecule has 0 aliphatic carbocycles. The Morgan fingerprint density at radius 1 is 0.273 bits per heavy atom. The van der Waals surface area contributed by atoms with Crippen LogP contribution in [0, 0.1) is 0 Å². The largest absolute Gasteiger partial charge is 0.341 e. The first-order chi connectivity index (χ1) is 32.7. The highest BCUT2D eigenvalue weighted by Gasteiger charge is 2.24. The van der Waals surface area contributed by atoms with E-state index in [9.17, 15) is 0 Å². The van der Waals surface area contributed by atoms with Crippen LogP contribution in [0.3, 0.4) is 0 Å². The zero-order valence-electron chi connectivity index (χ0n) is 36.9. The molecule has 2 aliphatic heterocycles. The molecule has 66 heavy (non-hydrogen) atoms. The molecule has 0 atom stereocenters.